The van der Waals surface area contributed by atoms with Gasteiger partial charge >= 0.3 is 0 Å². The first kappa shape index (κ1) is 9.49. The van der Waals surface area contributed by atoms with E-state index in [0.717, 1.165) is 0 Å². The normalized spacial score (nSPS) is 10.8. The Morgan fingerprint density at radius 2 is 2.00 bits per heavy atom. The van der Waals surface area contributed by atoms with Crippen LogP contribution in [0.5, 0.6) is 0 Å². The van der Waals surface area contributed by atoms with E-state index in [1.54, 1.807) is 12.1 Å². The number of hydrogen-bond acceptors (Lipinski definition) is 2. The van der Waals surface area contributed by atoms with E-state index < -0.39 is 5.82 Å². The van der Waals surface area contributed by atoms with E-state index in [-0.39, 0.29) is 10.7 Å². The van der Waals surface area contributed by atoms with Gasteiger partial charge in [0.25, 0.3) is 0 Å². The molecule has 0 radical (unpaired) electrons. The minimum absolute atomic E-state index is 0.0818. The molecule has 0 saturated heterocycles. The van der Waals surface area contributed by atoms with E-state index in [0.29, 0.717) is 16.1 Å². The lowest BCUT2D eigenvalue weighted by Gasteiger charge is -2.04. The highest BCUT2D eigenvalue weighted by molar-refractivity contribution is 6.35. The van der Waals surface area contributed by atoms with Crippen molar-refractivity contribution in [2.45, 2.75) is 0 Å². The number of nitrogens with two attached hydrogens (primary N) is 1. The maximum atomic E-state index is 13.1. The summed E-state index contributed by atoms with van der Waals surface area (Å²) in [5, 5.41) is 0.807. The van der Waals surface area contributed by atoms with Crippen molar-refractivity contribution in [3.8, 4) is 0 Å². The molecule has 72 valence electrons. The minimum atomic E-state index is -0.591. The van der Waals surface area contributed by atoms with Gasteiger partial charge in [0, 0.05) is 11.5 Å². The number of pyridine rings is 1. The van der Waals surface area contributed by atoms with Crippen LogP contribution in [0.4, 0.5) is 10.1 Å². The summed E-state index contributed by atoms with van der Waals surface area (Å²) in [7, 11) is 0. The average molecular weight is 231 g/mol. The lowest BCUT2D eigenvalue weighted by molar-refractivity contribution is 0.630. The highest BCUT2D eigenvalue weighted by Gasteiger charge is 2.09. The van der Waals surface area contributed by atoms with Crippen LogP contribution in [0.2, 0.25) is 10.2 Å². The Labute approximate surface area is 89.4 Å². The monoisotopic (exact) mass is 230 g/mol. The van der Waals surface area contributed by atoms with Crippen molar-refractivity contribution in [2.24, 2.45) is 0 Å². The van der Waals surface area contributed by atoms with Gasteiger partial charge in [-0.3, -0.25) is 0 Å². The molecule has 0 spiro atoms. The van der Waals surface area contributed by atoms with E-state index >= 15 is 0 Å². The molecule has 0 aliphatic heterocycles. The molecule has 0 unspecified atom stereocenters. The van der Waals surface area contributed by atoms with Crippen LogP contribution in [0.3, 0.4) is 0 Å². The SMILES string of the molecule is Nc1c(Cl)c(F)cc2nc(Cl)ccc12. The Bertz CT molecular complexity index is 514. The lowest BCUT2D eigenvalue weighted by Crippen LogP contribution is -1.93. The zero-order valence-electron chi connectivity index (χ0n) is 6.89. The van der Waals surface area contributed by atoms with Gasteiger partial charge in [0.15, 0.2) is 0 Å². The van der Waals surface area contributed by atoms with Crippen molar-refractivity contribution in [1.29, 1.82) is 0 Å². The van der Waals surface area contributed by atoms with Gasteiger partial charge in [-0.05, 0) is 12.1 Å². The zero-order chi connectivity index (χ0) is 10.3. The number of benzene rings is 1. The minimum Gasteiger partial charge on any atom is -0.397 e. The second kappa shape index (κ2) is 3.26. The third-order valence-corrected chi connectivity index (χ3v) is 2.49. The van der Waals surface area contributed by atoms with E-state index in [2.05, 4.69) is 4.98 Å². The summed E-state index contributed by atoms with van der Waals surface area (Å²) in [6, 6.07) is 4.44. The second-order valence-corrected chi connectivity index (χ2v) is 3.55. The Balaban J connectivity index is 2.91. The summed E-state index contributed by atoms with van der Waals surface area (Å²) >= 11 is 11.3. The summed E-state index contributed by atoms with van der Waals surface area (Å²) < 4.78 is 13.1. The number of anilines is 1. The van der Waals surface area contributed by atoms with Gasteiger partial charge in [0.05, 0.1) is 16.2 Å². The van der Waals surface area contributed by atoms with Gasteiger partial charge in [0.1, 0.15) is 11.0 Å². The molecule has 0 atom stereocenters. The molecule has 5 heteroatoms. The van der Waals surface area contributed by atoms with Crippen LogP contribution in [-0.2, 0) is 0 Å². The topological polar surface area (TPSA) is 38.9 Å². The van der Waals surface area contributed by atoms with Crippen LogP contribution < -0.4 is 5.73 Å². The fraction of sp³-hybridized carbons (Fsp3) is 0. The van der Waals surface area contributed by atoms with Gasteiger partial charge in [-0.25, -0.2) is 9.37 Å². The molecular formula is C9H5Cl2FN2. The number of fused-ring (bicyclic) bond motifs is 1. The quantitative estimate of drug-likeness (QED) is 0.558. The molecule has 0 saturated carbocycles. The van der Waals surface area contributed by atoms with Crippen molar-refractivity contribution < 1.29 is 4.39 Å². The van der Waals surface area contributed by atoms with Crippen molar-refractivity contribution in [1.82, 2.24) is 4.98 Å². The molecule has 2 nitrogen and oxygen atoms in total. The van der Waals surface area contributed by atoms with Crippen LogP contribution in [0.15, 0.2) is 18.2 Å². The summed E-state index contributed by atoms with van der Waals surface area (Å²) in [5.41, 5.74) is 6.20. The predicted molar refractivity (Wildman–Crippen MR) is 56.1 cm³/mol. The average Bonchev–Trinajstić information content (AvgIpc) is 2.14. The van der Waals surface area contributed by atoms with Gasteiger partial charge in [0.2, 0.25) is 0 Å². The number of nitrogens with zero attached hydrogens (tertiary/aromatic N) is 1. The third kappa shape index (κ3) is 1.38. The zero-order valence-corrected chi connectivity index (χ0v) is 8.40. The van der Waals surface area contributed by atoms with Crippen molar-refractivity contribution >= 4 is 39.8 Å². The third-order valence-electron chi connectivity index (χ3n) is 1.89. The number of halogens is 3. The van der Waals surface area contributed by atoms with Crippen molar-refractivity contribution in [3.63, 3.8) is 0 Å². The van der Waals surface area contributed by atoms with Gasteiger partial charge in [-0.15, -0.1) is 0 Å². The van der Waals surface area contributed by atoms with Gasteiger partial charge in [-0.2, -0.15) is 0 Å². The van der Waals surface area contributed by atoms with Crippen LogP contribution in [-0.4, -0.2) is 4.98 Å². The van der Waals surface area contributed by atoms with Crippen LogP contribution >= 0.6 is 23.2 Å². The van der Waals surface area contributed by atoms with Crippen LogP contribution in [0, 0.1) is 5.82 Å². The van der Waals surface area contributed by atoms with Crippen molar-refractivity contribution in [2.75, 3.05) is 5.73 Å². The summed E-state index contributed by atoms with van der Waals surface area (Å²) in [6.07, 6.45) is 0. The molecule has 2 rings (SSSR count). The molecule has 0 bridgehead atoms. The smallest absolute Gasteiger partial charge is 0.146 e. The molecule has 1 heterocycles. The molecule has 1 aromatic heterocycles. The molecule has 2 N–H and O–H groups in total. The molecule has 2 aromatic rings. The van der Waals surface area contributed by atoms with E-state index in [4.69, 9.17) is 28.9 Å². The fourth-order valence-corrected chi connectivity index (χ4v) is 1.53. The maximum Gasteiger partial charge on any atom is 0.146 e. The number of nitrogen functional groups attached to an aromatic ring is 1. The van der Waals surface area contributed by atoms with E-state index in [1.807, 2.05) is 0 Å². The molecule has 0 aliphatic carbocycles. The Hall–Kier alpha value is -1.06. The number of hydrogen-bond donors (Lipinski definition) is 1. The first-order valence-corrected chi connectivity index (χ1v) is 4.55. The molecule has 0 fully saturated rings. The molecule has 1 aromatic carbocycles. The highest BCUT2D eigenvalue weighted by atomic mass is 35.5. The summed E-state index contributed by atoms with van der Waals surface area (Å²) in [6.45, 7) is 0. The Morgan fingerprint density at radius 1 is 1.29 bits per heavy atom. The lowest BCUT2D eigenvalue weighted by atomic mass is 10.2. The second-order valence-electron chi connectivity index (χ2n) is 2.79. The molecule has 0 amide bonds. The first-order chi connectivity index (χ1) is 6.59. The maximum absolute atomic E-state index is 13.1. The van der Waals surface area contributed by atoms with E-state index in [9.17, 15) is 4.39 Å². The predicted octanol–water partition coefficient (Wildman–Crippen LogP) is 3.26. The van der Waals surface area contributed by atoms with Gasteiger partial charge in [-0.1, -0.05) is 23.2 Å². The van der Waals surface area contributed by atoms with Gasteiger partial charge < -0.3 is 5.73 Å². The molecule has 0 aliphatic rings. The largest absolute Gasteiger partial charge is 0.397 e. The Kier molecular flexibility index (Phi) is 2.21. The summed E-state index contributed by atoms with van der Waals surface area (Å²) in [4.78, 5) is 3.93. The van der Waals surface area contributed by atoms with Crippen molar-refractivity contribution in [3.05, 3.63) is 34.2 Å². The highest BCUT2D eigenvalue weighted by Crippen LogP contribution is 2.30. The molecule has 14 heavy (non-hydrogen) atoms. The van der Waals surface area contributed by atoms with Crippen LogP contribution in [0.25, 0.3) is 10.9 Å². The van der Waals surface area contributed by atoms with E-state index in [1.165, 1.54) is 6.07 Å². The summed E-state index contributed by atoms with van der Waals surface area (Å²) in [5.74, 6) is -0.591. The molecular weight excluding hydrogens is 226 g/mol. The standard InChI is InChI=1S/C9H5Cl2FN2/c10-7-2-1-4-6(14-7)3-5(12)8(11)9(4)13/h1-3H,13H2. The number of rotatable bonds is 0. The Morgan fingerprint density at radius 3 is 2.71 bits per heavy atom. The van der Waals surface area contributed by atoms with Crippen LogP contribution in [0.1, 0.15) is 0 Å². The number of aromatic nitrogens is 1. The first-order valence-electron chi connectivity index (χ1n) is 3.79. The fourth-order valence-electron chi connectivity index (χ4n) is 1.22.